The third-order valence-electron chi connectivity index (χ3n) is 4.67. The Labute approximate surface area is 145 Å². The molecular formula is C19H31N3O2. The molecular weight excluding hydrogens is 302 g/mol. The van der Waals surface area contributed by atoms with Crippen molar-refractivity contribution in [3.63, 3.8) is 0 Å². The van der Waals surface area contributed by atoms with Crippen LogP contribution in [-0.4, -0.2) is 48.2 Å². The first kappa shape index (κ1) is 18.7. The maximum Gasteiger partial charge on any atom is 0.220 e. The highest BCUT2D eigenvalue weighted by Gasteiger charge is 2.33. The summed E-state index contributed by atoms with van der Waals surface area (Å²) in [6.45, 7) is 11.0. The van der Waals surface area contributed by atoms with Crippen LogP contribution in [0, 0.1) is 0 Å². The molecule has 1 aliphatic rings. The number of nitrogens with one attached hydrogen (secondary N) is 1. The van der Waals surface area contributed by atoms with Gasteiger partial charge in [-0.25, -0.2) is 0 Å². The summed E-state index contributed by atoms with van der Waals surface area (Å²) >= 11 is 0. The molecule has 1 aromatic carbocycles. The Bertz CT molecular complexity index is 549. The number of anilines is 1. The van der Waals surface area contributed by atoms with Crippen LogP contribution in [0.2, 0.25) is 0 Å². The number of ether oxygens (including phenoxy) is 1. The quantitative estimate of drug-likeness (QED) is 0.783. The molecule has 5 nitrogen and oxygen atoms in total. The van der Waals surface area contributed by atoms with E-state index in [2.05, 4.69) is 37.9 Å². The van der Waals surface area contributed by atoms with Gasteiger partial charge in [0.15, 0.2) is 0 Å². The van der Waals surface area contributed by atoms with Crippen LogP contribution >= 0.6 is 0 Å². The largest absolute Gasteiger partial charge is 0.399 e. The van der Waals surface area contributed by atoms with E-state index >= 15 is 0 Å². The number of rotatable bonds is 6. The van der Waals surface area contributed by atoms with Crippen LogP contribution in [-0.2, 0) is 16.0 Å². The molecule has 3 N–H and O–H groups in total. The highest BCUT2D eigenvalue weighted by atomic mass is 16.5. The van der Waals surface area contributed by atoms with Crippen LogP contribution in [0.15, 0.2) is 24.3 Å². The minimum atomic E-state index is -0.0895. The average molecular weight is 333 g/mol. The van der Waals surface area contributed by atoms with Crippen molar-refractivity contribution in [1.82, 2.24) is 10.2 Å². The zero-order chi connectivity index (χ0) is 17.7. The molecule has 1 heterocycles. The number of nitrogens with two attached hydrogens (primary N) is 1. The molecule has 2 atom stereocenters. The van der Waals surface area contributed by atoms with Crippen LogP contribution in [0.1, 0.15) is 39.7 Å². The van der Waals surface area contributed by atoms with Gasteiger partial charge in [-0.2, -0.15) is 0 Å². The van der Waals surface area contributed by atoms with Crippen LogP contribution in [0.3, 0.4) is 0 Å². The van der Waals surface area contributed by atoms with E-state index in [1.54, 1.807) is 0 Å². The maximum atomic E-state index is 12.2. The Morgan fingerprint density at radius 3 is 2.54 bits per heavy atom. The van der Waals surface area contributed by atoms with Crippen molar-refractivity contribution in [2.24, 2.45) is 0 Å². The van der Waals surface area contributed by atoms with Gasteiger partial charge < -0.3 is 15.8 Å². The van der Waals surface area contributed by atoms with Gasteiger partial charge in [-0.05, 0) is 45.7 Å². The Kier molecular flexibility index (Phi) is 6.24. The molecule has 1 aromatic rings. The lowest BCUT2D eigenvalue weighted by atomic mass is 10.00. The molecule has 0 aliphatic carbocycles. The van der Waals surface area contributed by atoms with Gasteiger partial charge in [0.05, 0.1) is 12.2 Å². The third kappa shape index (κ3) is 5.21. The summed E-state index contributed by atoms with van der Waals surface area (Å²) in [5, 5.41) is 3.08. The predicted octanol–water partition coefficient (Wildman–Crippen LogP) is 2.21. The highest BCUT2D eigenvalue weighted by molar-refractivity contribution is 5.76. The molecule has 1 aliphatic heterocycles. The minimum Gasteiger partial charge on any atom is -0.399 e. The molecule has 1 amide bonds. The number of carbonyl (C=O) groups excluding carboxylic acids is 1. The van der Waals surface area contributed by atoms with E-state index in [0.29, 0.717) is 19.4 Å². The van der Waals surface area contributed by atoms with Crippen LogP contribution in [0.25, 0.3) is 0 Å². The van der Waals surface area contributed by atoms with Crippen molar-refractivity contribution in [3.05, 3.63) is 29.8 Å². The average Bonchev–Trinajstić information content (AvgIpc) is 2.51. The Morgan fingerprint density at radius 1 is 1.29 bits per heavy atom. The molecule has 24 heavy (non-hydrogen) atoms. The molecule has 2 unspecified atom stereocenters. The summed E-state index contributed by atoms with van der Waals surface area (Å²) in [5.74, 6) is 0.0701. The van der Waals surface area contributed by atoms with Crippen molar-refractivity contribution in [2.45, 2.75) is 58.3 Å². The maximum absolute atomic E-state index is 12.2. The number of carbonyl (C=O) groups is 1. The second-order valence-electron chi connectivity index (χ2n) is 7.45. The minimum absolute atomic E-state index is 0.0701. The van der Waals surface area contributed by atoms with E-state index in [4.69, 9.17) is 10.5 Å². The second kappa shape index (κ2) is 7.99. The molecule has 0 bridgehead atoms. The fourth-order valence-electron chi connectivity index (χ4n) is 3.20. The molecule has 0 spiro atoms. The molecule has 2 rings (SSSR count). The Balaban J connectivity index is 1.80. The smallest absolute Gasteiger partial charge is 0.220 e. The van der Waals surface area contributed by atoms with Crippen LogP contribution in [0.4, 0.5) is 5.69 Å². The van der Waals surface area contributed by atoms with E-state index in [9.17, 15) is 4.79 Å². The Hall–Kier alpha value is -1.59. The fraction of sp³-hybridized carbons (Fsp3) is 0.632. The molecule has 1 fully saturated rings. The van der Waals surface area contributed by atoms with Crippen molar-refractivity contribution in [2.75, 3.05) is 25.4 Å². The zero-order valence-corrected chi connectivity index (χ0v) is 15.3. The predicted molar refractivity (Wildman–Crippen MR) is 97.8 cm³/mol. The monoisotopic (exact) mass is 333 g/mol. The van der Waals surface area contributed by atoms with E-state index in [-0.39, 0.29) is 23.7 Å². The molecule has 134 valence electrons. The lowest BCUT2D eigenvalue weighted by molar-refractivity contribution is -0.122. The normalized spacial score (nSPS) is 22.3. The SMILES string of the molecule is CC1CN(C(C)(C)CNC(=O)CCc2ccccc2N)CC(C)O1. The summed E-state index contributed by atoms with van der Waals surface area (Å²) in [7, 11) is 0. The van der Waals surface area contributed by atoms with E-state index < -0.39 is 0 Å². The second-order valence-corrected chi connectivity index (χ2v) is 7.45. The van der Waals surface area contributed by atoms with Gasteiger partial charge in [0.1, 0.15) is 0 Å². The first-order valence-electron chi connectivity index (χ1n) is 8.78. The zero-order valence-electron chi connectivity index (χ0n) is 15.3. The van der Waals surface area contributed by atoms with Gasteiger partial charge in [-0.3, -0.25) is 9.69 Å². The molecule has 5 heteroatoms. The molecule has 0 radical (unpaired) electrons. The lowest BCUT2D eigenvalue weighted by Crippen LogP contribution is -2.58. The number of nitrogens with zero attached hydrogens (tertiary/aromatic N) is 1. The summed E-state index contributed by atoms with van der Waals surface area (Å²) < 4.78 is 5.80. The van der Waals surface area contributed by atoms with Crippen molar-refractivity contribution in [3.8, 4) is 0 Å². The van der Waals surface area contributed by atoms with Crippen molar-refractivity contribution >= 4 is 11.6 Å². The summed E-state index contributed by atoms with van der Waals surface area (Å²) in [4.78, 5) is 14.6. The van der Waals surface area contributed by atoms with Crippen molar-refractivity contribution < 1.29 is 9.53 Å². The fourth-order valence-corrected chi connectivity index (χ4v) is 3.20. The number of para-hydroxylation sites is 1. The topological polar surface area (TPSA) is 67.6 Å². The van der Waals surface area contributed by atoms with Crippen LogP contribution < -0.4 is 11.1 Å². The van der Waals surface area contributed by atoms with E-state index in [0.717, 1.165) is 24.3 Å². The van der Waals surface area contributed by atoms with Gasteiger partial charge in [0, 0.05) is 37.3 Å². The number of nitrogen functional groups attached to an aromatic ring is 1. The Morgan fingerprint density at radius 2 is 1.92 bits per heavy atom. The van der Waals surface area contributed by atoms with Gasteiger partial charge >= 0.3 is 0 Å². The number of benzene rings is 1. The lowest BCUT2D eigenvalue weighted by Gasteiger charge is -2.45. The number of aryl methyl sites for hydroxylation is 1. The first-order valence-corrected chi connectivity index (χ1v) is 8.78. The van der Waals surface area contributed by atoms with Crippen LogP contribution in [0.5, 0.6) is 0 Å². The van der Waals surface area contributed by atoms with Gasteiger partial charge in [-0.15, -0.1) is 0 Å². The first-order chi connectivity index (χ1) is 11.3. The molecule has 1 saturated heterocycles. The van der Waals surface area contributed by atoms with E-state index in [1.807, 2.05) is 24.3 Å². The molecule has 0 saturated carbocycles. The summed E-state index contributed by atoms with van der Waals surface area (Å²) in [6, 6.07) is 7.71. The van der Waals surface area contributed by atoms with Gasteiger partial charge in [0.25, 0.3) is 0 Å². The molecule has 0 aromatic heterocycles. The van der Waals surface area contributed by atoms with Gasteiger partial charge in [-0.1, -0.05) is 18.2 Å². The standard InChI is InChI=1S/C19H31N3O2/c1-14-11-22(12-15(2)24-14)19(3,4)13-21-18(23)10-9-16-7-5-6-8-17(16)20/h5-8,14-15H,9-13,20H2,1-4H3,(H,21,23). The number of morpholine rings is 1. The number of hydrogen-bond acceptors (Lipinski definition) is 4. The van der Waals surface area contributed by atoms with E-state index in [1.165, 1.54) is 0 Å². The van der Waals surface area contributed by atoms with Gasteiger partial charge in [0.2, 0.25) is 5.91 Å². The highest BCUT2D eigenvalue weighted by Crippen LogP contribution is 2.20. The number of hydrogen-bond donors (Lipinski definition) is 2. The summed E-state index contributed by atoms with van der Waals surface area (Å²) in [6.07, 6.45) is 1.58. The summed E-state index contributed by atoms with van der Waals surface area (Å²) in [5.41, 5.74) is 7.62. The number of amides is 1. The van der Waals surface area contributed by atoms with Crippen molar-refractivity contribution in [1.29, 1.82) is 0 Å². The third-order valence-corrected chi connectivity index (χ3v) is 4.67.